The molecule has 0 bridgehead atoms. The average molecular weight is 306 g/mol. The Hall–Kier alpha value is -2.40. The second-order valence-electron chi connectivity index (χ2n) is 6.55. The Kier molecular flexibility index (Phi) is 2.59. The van der Waals surface area contributed by atoms with Crippen LogP contribution in [0.3, 0.4) is 0 Å². The van der Waals surface area contributed by atoms with Crippen LogP contribution in [-0.4, -0.2) is 24.4 Å². The predicted molar refractivity (Wildman–Crippen MR) is 85.8 cm³/mol. The SMILES string of the molecule is Cc1cnn2c1[C@@H](O)[C@@H](C1c3ccccc3-c3cncn31)CC2. The van der Waals surface area contributed by atoms with Crippen molar-refractivity contribution in [2.45, 2.75) is 32.0 Å². The molecule has 0 fully saturated rings. The molecule has 0 spiro atoms. The van der Waals surface area contributed by atoms with E-state index in [1.165, 1.54) is 11.1 Å². The van der Waals surface area contributed by atoms with Crippen LogP contribution in [0.1, 0.15) is 35.4 Å². The zero-order valence-electron chi connectivity index (χ0n) is 12.9. The number of benzene rings is 1. The molecule has 1 N–H and O–H groups in total. The van der Waals surface area contributed by atoms with Crippen molar-refractivity contribution in [2.75, 3.05) is 0 Å². The van der Waals surface area contributed by atoms with Gasteiger partial charge in [-0.05, 0) is 24.5 Å². The van der Waals surface area contributed by atoms with Gasteiger partial charge in [-0.1, -0.05) is 24.3 Å². The summed E-state index contributed by atoms with van der Waals surface area (Å²) in [6, 6.07) is 8.61. The highest BCUT2D eigenvalue weighted by Gasteiger charge is 2.41. The predicted octanol–water partition coefficient (Wildman–Crippen LogP) is 2.71. The van der Waals surface area contributed by atoms with Crippen molar-refractivity contribution in [3.05, 3.63) is 59.8 Å². The van der Waals surface area contributed by atoms with Gasteiger partial charge in [0.1, 0.15) is 6.10 Å². The fourth-order valence-corrected chi connectivity index (χ4v) is 4.32. The lowest BCUT2D eigenvalue weighted by atomic mass is 9.82. The Labute approximate surface area is 134 Å². The smallest absolute Gasteiger partial charge is 0.101 e. The van der Waals surface area contributed by atoms with E-state index in [4.69, 9.17) is 0 Å². The van der Waals surface area contributed by atoms with E-state index >= 15 is 0 Å². The highest BCUT2D eigenvalue weighted by molar-refractivity contribution is 5.69. The highest BCUT2D eigenvalue weighted by atomic mass is 16.3. The third kappa shape index (κ3) is 1.65. The van der Waals surface area contributed by atoms with Gasteiger partial charge in [0.2, 0.25) is 0 Å². The molecule has 0 aliphatic carbocycles. The molecular formula is C18H18N4O. The lowest BCUT2D eigenvalue weighted by Crippen LogP contribution is -2.31. The minimum Gasteiger partial charge on any atom is -0.386 e. The molecule has 0 saturated carbocycles. The number of aliphatic hydroxyl groups excluding tert-OH is 1. The Bertz CT molecular complexity index is 894. The normalized spacial score (nSPS) is 25.0. The number of imidazole rings is 1. The van der Waals surface area contributed by atoms with Crippen molar-refractivity contribution in [1.29, 1.82) is 0 Å². The summed E-state index contributed by atoms with van der Waals surface area (Å²) in [5, 5.41) is 15.4. The monoisotopic (exact) mass is 306 g/mol. The minimum atomic E-state index is -0.502. The number of nitrogens with zero attached hydrogens (tertiary/aromatic N) is 4. The summed E-state index contributed by atoms with van der Waals surface area (Å²) in [7, 11) is 0. The van der Waals surface area contributed by atoms with E-state index in [-0.39, 0.29) is 12.0 Å². The minimum absolute atomic E-state index is 0.134. The molecule has 5 rings (SSSR count). The van der Waals surface area contributed by atoms with Gasteiger partial charge < -0.3 is 9.67 Å². The zero-order valence-corrected chi connectivity index (χ0v) is 12.9. The summed E-state index contributed by atoms with van der Waals surface area (Å²) in [5.41, 5.74) is 5.71. The fraction of sp³-hybridized carbons (Fsp3) is 0.333. The first kappa shape index (κ1) is 13.1. The van der Waals surface area contributed by atoms with E-state index in [1.54, 1.807) is 0 Å². The van der Waals surface area contributed by atoms with Crippen LogP contribution < -0.4 is 0 Å². The van der Waals surface area contributed by atoms with Crippen molar-refractivity contribution in [3.8, 4) is 11.3 Å². The van der Waals surface area contributed by atoms with Crippen LogP contribution in [0.25, 0.3) is 11.3 Å². The first-order valence-electron chi connectivity index (χ1n) is 8.07. The van der Waals surface area contributed by atoms with Crippen molar-refractivity contribution in [3.63, 3.8) is 0 Å². The second-order valence-corrected chi connectivity index (χ2v) is 6.55. The van der Waals surface area contributed by atoms with Gasteiger partial charge in [0.25, 0.3) is 0 Å². The summed E-state index contributed by atoms with van der Waals surface area (Å²) >= 11 is 0. The van der Waals surface area contributed by atoms with Gasteiger partial charge in [0, 0.05) is 18.0 Å². The number of rotatable bonds is 1. The second kappa shape index (κ2) is 4.55. The fourth-order valence-electron chi connectivity index (χ4n) is 4.32. The Balaban J connectivity index is 1.65. The van der Waals surface area contributed by atoms with Gasteiger partial charge in [0.15, 0.2) is 0 Å². The number of fused-ring (bicyclic) bond motifs is 4. The van der Waals surface area contributed by atoms with Gasteiger partial charge >= 0.3 is 0 Å². The molecule has 4 heterocycles. The van der Waals surface area contributed by atoms with Crippen molar-refractivity contribution < 1.29 is 5.11 Å². The Morgan fingerprint density at radius 2 is 2.09 bits per heavy atom. The molecule has 2 aliphatic heterocycles. The average Bonchev–Trinajstić information content (AvgIpc) is 3.23. The van der Waals surface area contributed by atoms with Crippen LogP contribution in [-0.2, 0) is 6.54 Å². The lowest BCUT2D eigenvalue weighted by molar-refractivity contribution is 0.0520. The van der Waals surface area contributed by atoms with Crippen molar-refractivity contribution >= 4 is 0 Å². The molecular weight excluding hydrogens is 288 g/mol. The molecule has 2 aliphatic rings. The summed E-state index contributed by atoms with van der Waals surface area (Å²) in [6.45, 7) is 2.88. The van der Waals surface area contributed by atoms with Crippen LogP contribution in [0, 0.1) is 12.8 Å². The van der Waals surface area contributed by atoms with Gasteiger partial charge in [0.05, 0.1) is 36.2 Å². The Morgan fingerprint density at radius 3 is 3.00 bits per heavy atom. The molecule has 116 valence electrons. The molecule has 2 aromatic heterocycles. The maximum absolute atomic E-state index is 11.0. The molecule has 5 nitrogen and oxygen atoms in total. The molecule has 23 heavy (non-hydrogen) atoms. The van der Waals surface area contributed by atoms with Crippen LogP contribution in [0.15, 0.2) is 43.0 Å². The number of aliphatic hydroxyl groups is 1. The number of hydrogen-bond donors (Lipinski definition) is 1. The standard InChI is InChI=1S/C18H18N4O/c1-11-8-20-22-7-6-14(18(23)16(11)22)17-13-5-3-2-4-12(13)15-9-19-10-21(15)17/h2-5,8-10,14,17-18,23H,6-7H2,1H3/t14-,17?,18+/m1/s1. The molecule has 0 radical (unpaired) electrons. The third-order valence-corrected chi connectivity index (χ3v) is 5.36. The van der Waals surface area contributed by atoms with Crippen LogP contribution in [0.2, 0.25) is 0 Å². The topological polar surface area (TPSA) is 55.9 Å². The number of hydrogen-bond acceptors (Lipinski definition) is 3. The van der Waals surface area contributed by atoms with E-state index in [2.05, 4.69) is 38.9 Å². The zero-order chi connectivity index (χ0) is 15.6. The summed E-state index contributed by atoms with van der Waals surface area (Å²) < 4.78 is 4.17. The summed E-state index contributed by atoms with van der Waals surface area (Å²) in [4.78, 5) is 4.33. The molecule has 5 heteroatoms. The molecule has 3 atom stereocenters. The highest BCUT2D eigenvalue weighted by Crippen LogP contribution is 2.48. The van der Waals surface area contributed by atoms with Gasteiger partial charge in [-0.2, -0.15) is 5.10 Å². The quantitative estimate of drug-likeness (QED) is 0.752. The molecule has 1 aromatic carbocycles. The van der Waals surface area contributed by atoms with Gasteiger partial charge in [-0.15, -0.1) is 0 Å². The first-order chi connectivity index (χ1) is 11.3. The maximum atomic E-state index is 11.0. The summed E-state index contributed by atoms with van der Waals surface area (Å²) in [5.74, 6) is 0.134. The number of aromatic nitrogens is 4. The molecule has 0 saturated heterocycles. The van der Waals surface area contributed by atoms with Crippen molar-refractivity contribution in [2.24, 2.45) is 5.92 Å². The van der Waals surface area contributed by atoms with E-state index in [0.717, 1.165) is 29.9 Å². The van der Waals surface area contributed by atoms with Gasteiger partial charge in [-0.25, -0.2) is 4.98 Å². The molecule has 1 unspecified atom stereocenters. The van der Waals surface area contributed by atoms with E-state index in [1.807, 2.05) is 30.3 Å². The molecule has 3 aromatic rings. The van der Waals surface area contributed by atoms with Gasteiger partial charge in [-0.3, -0.25) is 4.68 Å². The van der Waals surface area contributed by atoms with E-state index in [9.17, 15) is 5.11 Å². The summed E-state index contributed by atoms with van der Waals surface area (Å²) in [6.07, 6.45) is 6.07. The van der Waals surface area contributed by atoms with Crippen LogP contribution in [0.4, 0.5) is 0 Å². The third-order valence-electron chi connectivity index (χ3n) is 5.36. The number of aryl methyl sites for hydroxylation is 2. The van der Waals surface area contributed by atoms with Crippen LogP contribution >= 0.6 is 0 Å². The van der Waals surface area contributed by atoms with Crippen molar-refractivity contribution in [1.82, 2.24) is 19.3 Å². The largest absolute Gasteiger partial charge is 0.386 e. The van der Waals surface area contributed by atoms with E-state index < -0.39 is 6.10 Å². The molecule has 0 amide bonds. The maximum Gasteiger partial charge on any atom is 0.101 e. The first-order valence-corrected chi connectivity index (χ1v) is 8.07. The lowest BCUT2D eigenvalue weighted by Gasteiger charge is -2.34. The van der Waals surface area contributed by atoms with Crippen LogP contribution in [0.5, 0.6) is 0 Å². The van der Waals surface area contributed by atoms with E-state index in [0.29, 0.717) is 0 Å². The Morgan fingerprint density at radius 1 is 1.22 bits per heavy atom.